The van der Waals surface area contributed by atoms with Crippen LogP contribution in [0.2, 0.25) is 0 Å². The van der Waals surface area contributed by atoms with Crippen LogP contribution in [0.3, 0.4) is 0 Å². The molecule has 0 aliphatic heterocycles. The summed E-state index contributed by atoms with van der Waals surface area (Å²) in [6.07, 6.45) is 10.2. The molecule has 0 aliphatic carbocycles. The molecule has 0 saturated carbocycles. The molecule has 1 unspecified atom stereocenters. The third-order valence-corrected chi connectivity index (χ3v) is 6.46. The number of aliphatic carboxylic acids is 2. The van der Waals surface area contributed by atoms with Crippen LogP contribution in [-0.2, 0) is 9.59 Å². The van der Waals surface area contributed by atoms with E-state index in [4.69, 9.17) is 0 Å². The zero-order valence-corrected chi connectivity index (χ0v) is 25.1. The van der Waals surface area contributed by atoms with Gasteiger partial charge in [-0.25, -0.2) is 0 Å². The molecule has 6 heteroatoms. The minimum Gasteiger partial charge on any atom is -0.550 e. The molecule has 0 radical (unpaired) electrons. The van der Waals surface area contributed by atoms with Gasteiger partial charge in [0, 0.05) is 17.9 Å². The fourth-order valence-corrected chi connectivity index (χ4v) is 5.47. The zero-order valence-electron chi connectivity index (χ0n) is 25.1. The molecule has 0 saturated heterocycles. The van der Waals surface area contributed by atoms with E-state index in [1.807, 2.05) is 0 Å². The largest absolute Gasteiger partial charge is 0.550 e. The number of carbonyl (C=O) groups excluding carboxylic acids is 2. The predicted octanol–water partition coefficient (Wildman–Crippen LogP) is 4.40. The van der Waals surface area contributed by atoms with Gasteiger partial charge in [0.2, 0.25) is 0 Å². The van der Waals surface area contributed by atoms with Crippen LogP contribution in [0.5, 0.6) is 0 Å². The van der Waals surface area contributed by atoms with E-state index in [0.29, 0.717) is 0 Å². The van der Waals surface area contributed by atoms with Crippen LogP contribution in [0, 0.1) is 5.92 Å². The summed E-state index contributed by atoms with van der Waals surface area (Å²) in [7, 11) is 0. The number of hydrogen-bond acceptors (Lipinski definition) is 4. The van der Waals surface area contributed by atoms with Gasteiger partial charge in [0.1, 0.15) is 0 Å². The Hall–Kier alpha value is -1.14. The highest BCUT2D eigenvalue weighted by molar-refractivity contribution is 5.74. The van der Waals surface area contributed by atoms with Gasteiger partial charge in [-0.1, -0.05) is 62.3 Å². The maximum atomic E-state index is 9.83. The lowest BCUT2D eigenvalue weighted by molar-refractivity contribution is -0.928. The lowest BCUT2D eigenvalue weighted by Gasteiger charge is -2.38. The van der Waals surface area contributed by atoms with Crippen LogP contribution in [-0.4, -0.2) is 73.3 Å². The van der Waals surface area contributed by atoms with Crippen molar-refractivity contribution in [2.75, 3.05) is 52.4 Å². The third kappa shape index (κ3) is 20.7. The van der Waals surface area contributed by atoms with E-state index >= 15 is 0 Å². The average Bonchev–Trinajstić information content (AvgIpc) is 2.76. The lowest BCUT2D eigenvalue weighted by Crippen LogP contribution is -2.50. The first-order valence-corrected chi connectivity index (χ1v) is 14.6. The second kappa shape index (κ2) is 24.5. The first-order chi connectivity index (χ1) is 16.5. The Balaban J connectivity index is -0.000000448. The Morgan fingerprint density at radius 3 is 0.800 bits per heavy atom. The number of quaternary nitrogens is 2. The molecule has 1 atom stereocenters. The van der Waals surface area contributed by atoms with Crippen LogP contribution in [0.4, 0.5) is 0 Å². The van der Waals surface area contributed by atoms with Gasteiger partial charge in [0.25, 0.3) is 0 Å². The molecule has 0 aromatic carbocycles. The number of carboxylic acid groups (broad SMARTS) is 2. The summed E-state index contributed by atoms with van der Waals surface area (Å²) in [6, 6.07) is 0. The smallest absolute Gasteiger partial charge is 0.0783 e. The van der Waals surface area contributed by atoms with E-state index in [2.05, 4.69) is 55.4 Å². The van der Waals surface area contributed by atoms with Crippen molar-refractivity contribution in [3.05, 3.63) is 0 Å². The molecule has 0 aromatic rings. The van der Waals surface area contributed by atoms with Crippen molar-refractivity contribution in [1.82, 2.24) is 0 Å². The number of carbonyl (C=O) groups is 2. The van der Waals surface area contributed by atoms with E-state index < -0.39 is 24.3 Å². The molecule has 0 N–H and O–H groups in total. The summed E-state index contributed by atoms with van der Waals surface area (Å²) in [6.45, 7) is 30.8. The Morgan fingerprint density at radius 1 is 0.514 bits per heavy atom. The van der Waals surface area contributed by atoms with Crippen LogP contribution in [0.15, 0.2) is 0 Å². The van der Waals surface area contributed by atoms with Crippen molar-refractivity contribution in [3.8, 4) is 0 Å². The van der Waals surface area contributed by atoms with Gasteiger partial charge in [-0.2, -0.15) is 0 Å². The number of hydrogen-bond donors (Lipinski definition) is 0. The van der Waals surface area contributed by atoms with Gasteiger partial charge in [0.15, 0.2) is 0 Å². The fraction of sp³-hybridized carbons (Fsp3) is 0.931. The highest BCUT2D eigenvalue weighted by atomic mass is 16.4. The van der Waals surface area contributed by atoms with Gasteiger partial charge >= 0.3 is 0 Å². The van der Waals surface area contributed by atoms with E-state index in [1.54, 1.807) is 0 Å². The van der Waals surface area contributed by atoms with Crippen molar-refractivity contribution >= 4 is 11.9 Å². The second-order valence-corrected chi connectivity index (χ2v) is 10.3. The minimum absolute atomic E-state index is 0.484. The van der Waals surface area contributed by atoms with Crippen LogP contribution in [0.25, 0.3) is 0 Å². The van der Waals surface area contributed by atoms with Gasteiger partial charge in [0.05, 0.1) is 52.4 Å². The minimum atomic E-state index is -1.37. The maximum absolute atomic E-state index is 9.83. The van der Waals surface area contributed by atoms with Gasteiger partial charge in [-0.3, -0.25) is 0 Å². The SMILES string of the molecule is CC(CC(=O)[O-])C(=O)[O-].CCC[N+](CCC)(CCC)CCC.CCC[N+](CCC)(CCC)CCC. The molecule has 0 bridgehead atoms. The summed E-state index contributed by atoms with van der Waals surface area (Å²) in [5.74, 6) is -3.69. The molecule has 0 fully saturated rings. The summed E-state index contributed by atoms with van der Waals surface area (Å²) in [4.78, 5) is 19.5. The molecule has 0 aliphatic rings. The molecular weight excluding hydrogens is 440 g/mol. The molecule has 0 rings (SSSR count). The third-order valence-electron chi connectivity index (χ3n) is 6.46. The highest BCUT2D eigenvalue weighted by Crippen LogP contribution is 2.13. The first kappa shape index (κ1) is 38.4. The summed E-state index contributed by atoms with van der Waals surface area (Å²) >= 11 is 0. The van der Waals surface area contributed by atoms with E-state index in [0.717, 1.165) is 0 Å². The molecule has 6 nitrogen and oxygen atoms in total. The molecule has 212 valence electrons. The topological polar surface area (TPSA) is 80.3 Å². The maximum Gasteiger partial charge on any atom is 0.0783 e. The lowest BCUT2D eigenvalue weighted by atomic mass is 10.1. The van der Waals surface area contributed by atoms with Crippen LogP contribution < -0.4 is 10.2 Å². The summed E-state index contributed by atoms with van der Waals surface area (Å²) < 4.78 is 2.75. The van der Waals surface area contributed by atoms with E-state index in [9.17, 15) is 19.8 Å². The van der Waals surface area contributed by atoms with Gasteiger partial charge in [-0.15, -0.1) is 0 Å². The highest BCUT2D eigenvalue weighted by Gasteiger charge is 2.23. The van der Waals surface area contributed by atoms with Crippen LogP contribution >= 0.6 is 0 Å². The number of rotatable bonds is 19. The van der Waals surface area contributed by atoms with Crippen molar-refractivity contribution in [2.45, 2.75) is 120 Å². The second-order valence-electron chi connectivity index (χ2n) is 10.3. The first-order valence-electron chi connectivity index (χ1n) is 14.6. The Bertz CT molecular complexity index is 410. The molecule has 0 aromatic heterocycles. The Labute approximate surface area is 219 Å². The standard InChI is InChI=1S/2C12H28N.C5H8O4/c2*1-5-9-13(10-6-2,11-7-3)12-8-4;1-3(5(8)9)2-4(6)7/h2*5-12H2,1-4H3;3H,2H2,1H3,(H,6,7)(H,8,9)/q2*+1;/p-2. The van der Waals surface area contributed by atoms with E-state index in [1.165, 1.54) is 120 Å². The fourth-order valence-electron chi connectivity index (χ4n) is 5.47. The molecule has 0 heterocycles. The van der Waals surface area contributed by atoms with Crippen molar-refractivity contribution < 1.29 is 28.8 Å². The van der Waals surface area contributed by atoms with E-state index in [-0.39, 0.29) is 0 Å². The predicted molar refractivity (Wildman–Crippen MR) is 146 cm³/mol. The number of nitrogens with zero attached hydrogens (tertiary/aromatic N) is 2. The van der Waals surface area contributed by atoms with Crippen molar-refractivity contribution in [2.24, 2.45) is 5.92 Å². The van der Waals surface area contributed by atoms with Gasteiger partial charge in [-0.05, 0) is 57.8 Å². The summed E-state index contributed by atoms with van der Waals surface area (Å²) in [5, 5.41) is 19.5. The number of carboxylic acids is 2. The quantitative estimate of drug-likeness (QED) is 0.245. The molecule has 0 spiro atoms. The Kier molecular flexibility index (Phi) is 26.9. The van der Waals surface area contributed by atoms with Gasteiger partial charge < -0.3 is 28.8 Å². The zero-order chi connectivity index (χ0) is 27.8. The summed E-state index contributed by atoms with van der Waals surface area (Å²) in [5.41, 5.74) is 0. The van der Waals surface area contributed by atoms with Crippen molar-refractivity contribution in [1.29, 1.82) is 0 Å². The average molecular weight is 503 g/mol. The van der Waals surface area contributed by atoms with Crippen LogP contribution in [0.1, 0.15) is 120 Å². The monoisotopic (exact) mass is 502 g/mol. The van der Waals surface area contributed by atoms with Crippen molar-refractivity contribution in [3.63, 3.8) is 0 Å². The molecule has 0 amide bonds. The molecule has 35 heavy (non-hydrogen) atoms. The normalized spacial score (nSPS) is 12.1. The molecular formula is C29H62N2O4. The Morgan fingerprint density at radius 2 is 0.714 bits per heavy atom.